The molecule has 0 aliphatic heterocycles. The second kappa shape index (κ2) is 5.78. The van der Waals surface area contributed by atoms with Crippen LogP contribution in [-0.2, 0) is 11.8 Å². The molecule has 0 bridgehead atoms. The van der Waals surface area contributed by atoms with Crippen molar-refractivity contribution in [3.05, 3.63) is 35.7 Å². The van der Waals surface area contributed by atoms with Crippen LogP contribution >= 0.6 is 0 Å². The zero-order valence-electron chi connectivity index (χ0n) is 11.9. The quantitative estimate of drug-likeness (QED) is 0.655. The molecule has 1 aromatic heterocycles. The number of benzene rings is 1. The first-order valence-electron chi connectivity index (χ1n) is 6.21. The Hall–Kier alpha value is -2.64. The van der Waals surface area contributed by atoms with Crippen molar-refractivity contribution >= 4 is 17.3 Å². The smallest absolute Gasteiger partial charge is 0.340 e. The van der Waals surface area contributed by atoms with Crippen molar-refractivity contribution in [2.24, 2.45) is 7.05 Å². The Kier molecular flexibility index (Phi) is 4.06. The van der Waals surface area contributed by atoms with Crippen molar-refractivity contribution in [1.29, 1.82) is 0 Å². The maximum Gasteiger partial charge on any atom is 0.340 e. The fraction of sp³-hybridized carbons (Fsp3) is 0.308. The average Bonchev–Trinajstić information content (AvgIpc) is 2.87. The van der Waals surface area contributed by atoms with Gasteiger partial charge in [-0.1, -0.05) is 0 Å². The lowest BCUT2D eigenvalue weighted by Crippen LogP contribution is -2.14. The summed E-state index contributed by atoms with van der Waals surface area (Å²) in [5.74, 6) is -0.554. The number of anilines is 2. The van der Waals surface area contributed by atoms with Gasteiger partial charge in [0.1, 0.15) is 12.1 Å². The van der Waals surface area contributed by atoms with Gasteiger partial charge in [0.05, 0.1) is 24.4 Å². The summed E-state index contributed by atoms with van der Waals surface area (Å²) in [5, 5.41) is 10.6. The number of halogens is 1. The van der Waals surface area contributed by atoms with Crippen LogP contribution in [0.25, 0.3) is 0 Å². The highest BCUT2D eigenvalue weighted by Gasteiger charge is 2.18. The van der Waals surface area contributed by atoms with Crippen LogP contribution in [0.1, 0.15) is 29.1 Å². The van der Waals surface area contributed by atoms with Gasteiger partial charge in [-0.05, 0) is 19.1 Å². The molecule has 0 radical (unpaired) electrons. The molecule has 0 amide bonds. The van der Waals surface area contributed by atoms with Crippen molar-refractivity contribution in [1.82, 2.24) is 14.8 Å². The van der Waals surface area contributed by atoms with Crippen LogP contribution in [0, 0.1) is 5.82 Å². The van der Waals surface area contributed by atoms with E-state index in [4.69, 9.17) is 5.73 Å². The summed E-state index contributed by atoms with van der Waals surface area (Å²) in [4.78, 5) is 11.6. The average molecular weight is 293 g/mol. The number of aromatic nitrogens is 3. The topological polar surface area (TPSA) is 95.1 Å². The number of nitrogens with zero attached hydrogens (tertiary/aromatic N) is 3. The molecule has 112 valence electrons. The number of nitrogens with two attached hydrogens (primary N) is 1. The molecule has 0 aliphatic rings. The van der Waals surface area contributed by atoms with E-state index >= 15 is 0 Å². The van der Waals surface area contributed by atoms with Crippen LogP contribution in [0.5, 0.6) is 0 Å². The molecular formula is C13H16FN5O2. The Labute approximate surface area is 120 Å². The van der Waals surface area contributed by atoms with Crippen LogP contribution in [0.15, 0.2) is 18.5 Å². The van der Waals surface area contributed by atoms with Crippen molar-refractivity contribution in [2.75, 3.05) is 18.2 Å². The van der Waals surface area contributed by atoms with E-state index in [0.29, 0.717) is 5.82 Å². The van der Waals surface area contributed by atoms with Crippen molar-refractivity contribution < 1.29 is 13.9 Å². The number of hydrogen-bond acceptors (Lipinski definition) is 6. The van der Waals surface area contributed by atoms with E-state index in [2.05, 4.69) is 20.3 Å². The molecule has 0 fully saturated rings. The number of rotatable bonds is 4. The number of carbonyl (C=O) groups is 1. The van der Waals surface area contributed by atoms with Gasteiger partial charge in [-0.3, -0.25) is 0 Å². The minimum atomic E-state index is -0.623. The minimum Gasteiger partial charge on any atom is -0.465 e. The van der Waals surface area contributed by atoms with Crippen LogP contribution < -0.4 is 11.1 Å². The number of aryl methyl sites for hydroxylation is 1. The van der Waals surface area contributed by atoms with E-state index in [-0.39, 0.29) is 23.0 Å². The number of esters is 1. The zero-order chi connectivity index (χ0) is 15.6. The molecule has 21 heavy (non-hydrogen) atoms. The summed E-state index contributed by atoms with van der Waals surface area (Å²) in [5.41, 5.74) is 5.89. The highest BCUT2D eigenvalue weighted by atomic mass is 19.1. The second-order valence-electron chi connectivity index (χ2n) is 4.58. The Bertz CT molecular complexity index is 671. The molecule has 2 aromatic rings. The minimum absolute atomic E-state index is 0.0243. The maximum absolute atomic E-state index is 14.0. The molecule has 0 spiro atoms. The molecule has 1 atom stereocenters. The normalized spacial score (nSPS) is 12.0. The van der Waals surface area contributed by atoms with Crippen LogP contribution in [0.2, 0.25) is 0 Å². The third-order valence-corrected chi connectivity index (χ3v) is 3.05. The third kappa shape index (κ3) is 2.93. The van der Waals surface area contributed by atoms with Crippen molar-refractivity contribution in [2.45, 2.75) is 13.0 Å². The van der Waals surface area contributed by atoms with Gasteiger partial charge in [0, 0.05) is 12.7 Å². The summed E-state index contributed by atoms with van der Waals surface area (Å²) in [6.07, 6.45) is 1.55. The standard InChI is InChI=1S/C13H16FN5O2/c1-7(12-18-16-6-19(12)2)17-11-4-8(13(20)21-3)10(15)5-9(11)14/h4-7,17H,15H2,1-3H3. The Morgan fingerprint density at radius 3 is 2.81 bits per heavy atom. The van der Waals surface area contributed by atoms with Gasteiger partial charge in [0.15, 0.2) is 5.82 Å². The van der Waals surface area contributed by atoms with Gasteiger partial charge in [-0.2, -0.15) is 0 Å². The predicted octanol–water partition coefficient (Wildman–Crippen LogP) is 1.50. The zero-order valence-corrected chi connectivity index (χ0v) is 11.9. The highest BCUT2D eigenvalue weighted by molar-refractivity contribution is 5.96. The lowest BCUT2D eigenvalue weighted by molar-refractivity contribution is 0.0602. The monoisotopic (exact) mass is 293 g/mol. The van der Waals surface area contributed by atoms with Gasteiger partial charge < -0.3 is 20.4 Å². The molecule has 7 nitrogen and oxygen atoms in total. The fourth-order valence-corrected chi connectivity index (χ4v) is 1.97. The Morgan fingerprint density at radius 2 is 2.24 bits per heavy atom. The predicted molar refractivity (Wildman–Crippen MR) is 75.2 cm³/mol. The summed E-state index contributed by atoms with van der Waals surface area (Å²) < 4.78 is 20.3. The van der Waals surface area contributed by atoms with Crippen molar-refractivity contribution in [3.63, 3.8) is 0 Å². The largest absolute Gasteiger partial charge is 0.465 e. The van der Waals surface area contributed by atoms with Gasteiger partial charge in [-0.25, -0.2) is 9.18 Å². The number of hydrogen-bond donors (Lipinski definition) is 2. The SMILES string of the molecule is COC(=O)c1cc(NC(C)c2nncn2C)c(F)cc1N. The van der Waals surface area contributed by atoms with Crippen LogP contribution in [-0.4, -0.2) is 27.8 Å². The maximum atomic E-state index is 14.0. The lowest BCUT2D eigenvalue weighted by Gasteiger charge is -2.16. The second-order valence-corrected chi connectivity index (χ2v) is 4.58. The number of ether oxygens (including phenoxy) is 1. The molecule has 1 heterocycles. The molecular weight excluding hydrogens is 277 g/mol. The Morgan fingerprint density at radius 1 is 1.52 bits per heavy atom. The van der Waals surface area contributed by atoms with Crippen LogP contribution in [0.4, 0.5) is 15.8 Å². The van der Waals surface area contributed by atoms with E-state index in [1.54, 1.807) is 24.9 Å². The summed E-state index contributed by atoms with van der Waals surface area (Å²) in [6.45, 7) is 1.80. The molecule has 0 saturated carbocycles. The van der Waals surface area contributed by atoms with Crippen LogP contribution in [0.3, 0.4) is 0 Å². The molecule has 3 N–H and O–H groups in total. The first-order chi connectivity index (χ1) is 9.93. The number of methoxy groups -OCH3 is 1. The summed E-state index contributed by atoms with van der Waals surface area (Å²) >= 11 is 0. The van der Waals surface area contributed by atoms with E-state index < -0.39 is 11.8 Å². The molecule has 1 unspecified atom stereocenters. The van der Waals surface area contributed by atoms with E-state index in [1.807, 2.05) is 0 Å². The first-order valence-corrected chi connectivity index (χ1v) is 6.21. The number of nitrogens with one attached hydrogen (secondary N) is 1. The lowest BCUT2D eigenvalue weighted by atomic mass is 10.1. The first kappa shape index (κ1) is 14.8. The molecule has 0 aliphatic carbocycles. The van der Waals surface area contributed by atoms with Gasteiger partial charge in [0.25, 0.3) is 0 Å². The molecule has 8 heteroatoms. The molecule has 1 aromatic carbocycles. The number of carbonyl (C=O) groups excluding carboxylic acids is 1. The van der Waals surface area contributed by atoms with Crippen molar-refractivity contribution in [3.8, 4) is 0 Å². The fourth-order valence-electron chi connectivity index (χ4n) is 1.97. The van der Waals surface area contributed by atoms with E-state index in [1.165, 1.54) is 13.2 Å². The summed E-state index contributed by atoms with van der Waals surface area (Å²) in [6, 6.07) is 2.10. The summed E-state index contributed by atoms with van der Waals surface area (Å²) in [7, 11) is 3.02. The van der Waals surface area contributed by atoms with E-state index in [9.17, 15) is 9.18 Å². The van der Waals surface area contributed by atoms with E-state index in [0.717, 1.165) is 6.07 Å². The van der Waals surface area contributed by atoms with Gasteiger partial charge in [0.2, 0.25) is 0 Å². The molecule has 2 rings (SSSR count). The molecule has 0 saturated heterocycles. The highest BCUT2D eigenvalue weighted by Crippen LogP contribution is 2.26. The van der Waals surface area contributed by atoms with Gasteiger partial charge in [-0.15, -0.1) is 10.2 Å². The Balaban J connectivity index is 2.32. The van der Waals surface area contributed by atoms with Gasteiger partial charge >= 0.3 is 5.97 Å². The number of nitrogen functional groups attached to an aromatic ring is 1. The third-order valence-electron chi connectivity index (χ3n) is 3.05.